The number of piperidine rings is 2. The van der Waals surface area contributed by atoms with Crippen LogP contribution in [0.3, 0.4) is 0 Å². The minimum absolute atomic E-state index is 0.772. The van der Waals surface area contributed by atoms with Crippen LogP contribution in [0.25, 0.3) is 0 Å². The lowest BCUT2D eigenvalue weighted by Gasteiger charge is -2.39. The van der Waals surface area contributed by atoms with Crippen LogP contribution in [0.15, 0.2) is 0 Å². The Morgan fingerprint density at radius 2 is 1.70 bits per heavy atom. The largest absolute Gasteiger partial charge is 0.385 e. The summed E-state index contributed by atoms with van der Waals surface area (Å²) in [5, 5.41) is 0. The molecular weight excluding hydrogens is 284 g/mol. The van der Waals surface area contributed by atoms with Crippen LogP contribution in [0.4, 0.5) is 0 Å². The van der Waals surface area contributed by atoms with Crippen molar-refractivity contribution in [2.75, 3.05) is 39.9 Å². The molecule has 3 nitrogen and oxygen atoms in total. The summed E-state index contributed by atoms with van der Waals surface area (Å²) in [5.41, 5.74) is 0. The van der Waals surface area contributed by atoms with Gasteiger partial charge < -0.3 is 14.5 Å². The summed E-state index contributed by atoms with van der Waals surface area (Å²) in [6.45, 7) is 11.0. The first-order chi connectivity index (χ1) is 11.2. The van der Waals surface area contributed by atoms with Crippen LogP contribution in [-0.2, 0) is 4.74 Å². The van der Waals surface area contributed by atoms with Crippen LogP contribution in [0.5, 0.6) is 0 Å². The maximum absolute atomic E-state index is 5.31. The third-order valence-corrected chi connectivity index (χ3v) is 6.08. The lowest BCUT2D eigenvalue weighted by molar-refractivity contribution is 0.0881. The molecule has 0 radical (unpaired) electrons. The number of hydrogen-bond acceptors (Lipinski definition) is 3. The molecule has 3 unspecified atom stereocenters. The summed E-state index contributed by atoms with van der Waals surface area (Å²) in [7, 11) is 1.83. The lowest BCUT2D eigenvalue weighted by Crippen LogP contribution is -2.43. The monoisotopic (exact) mass is 324 g/mol. The van der Waals surface area contributed by atoms with Gasteiger partial charge in [-0.15, -0.1) is 0 Å². The van der Waals surface area contributed by atoms with Crippen molar-refractivity contribution in [1.29, 1.82) is 0 Å². The Bertz CT molecular complexity index is 310. The number of hydrogen-bond donors (Lipinski definition) is 0. The fourth-order valence-electron chi connectivity index (χ4n) is 4.58. The van der Waals surface area contributed by atoms with Gasteiger partial charge in [-0.2, -0.15) is 0 Å². The summed E-state index contributed by atoms with van der Waals surface area (Å²) in [4.78, 5) is 5.54. The van der Waals surface area contributed by atoms with E-state index in [0.29, 0.717) is 0 Å². The van der Waals surface area contributed by atoms with Crippen molar-refractivity contribution in [2.45, 2.75) is 83.7 Å². The SMILES string of the molecule is CCC1CCCCN1CC(C)CCN1CCCCC1CCOC. The second-order valence-corrected chi connectivity index (χ2v) is 7.91. The molecule has 2 rings (SSSR count). The Hall–Kier alpha value is -0.120. The van der Waals surface area contributed by atoms with E-state index in [9.17, 15) is 0 Å². The van der Waals surface area contributed by atoms with Gasteiger partial charge in [0.1, 0.15) is 0 Å². The molecule has 23 heavy (non-hydrogen) atoms. The lowest BCUT2D eigenvalue weighted by atomic mass is 9.96. The number of likely N-dealkylation sites (tertiary alicyclic amines) is 2. The molecule has 0 aromatic carbocycles. The topological polar surface area (TPSA) is 15.7 Å². The van der Waals surface area contributed by atoms with Crippen molar-refractivity contribution in [3.8, 4) is 0 Å². The zero-order chi connectivity index (χ0) is 16.5. The van der Waals surface area contributed by atoms with Crippen LogP contribution >= 0.6 is 0 Å². The van der Waals surface area contributed by atoms with E-state index in [0.717, 1.165) is 24.6 Å². The van der Waals surface area contributed by atoms with E-state index in [1.807, 2.05) is 7.11 Å². The number of nitrogens with zero attached hydrogens (tertiary/aromatic N) is 2. The predicted octanol–water partition coefficient (Wildman–Crippen LogP) is 4.17. The van der Waals surface area contributed by atoms with Crippen LogP contribution in [-0.4, -0.2) is 61.8 Å². The smallest absolute Gasteiger partial charge is 0.0477 e. The average Bonchev–Trinajstić information content (AvgIpc) is 2.59. The Morgan fingerprint density at radius 3 is 2.39 bits per heavy atom. The Kier molecular flexibility index (Phi) is 8.92. The molecule has 0 aromatic rings. The normalized spacial score (nSPS) is 28.8. The zero-order valence-electron chi connectivity index (χ0n) is 15.9. The van der Waals surface area contributed by atoms with E-state index in [1.54, 1.807) is 0 Å². The van der Waals surface area contributed by atoms with E-state index >= 15 is 0 Å². The summed E-state index contributed by atoms with van der Waals surface area (Å²) >= 11 is 0. The maximum atomic E-state index is 5.31. The second-order valence-electron chi connectivity index (χ2n) is 7.91. The molecule has 2 fully saturated rings. The molecule has 2 aliphatic heterocycles. The van der Waals surface area contributed by atoms with Crippen molar-refractivity contribution in [3.63, 3.8) is 0 Å². The minimum Gasteiger partial charge on any atom is -0.385 e. The average molecular weight is 325 g/mol. The highest BCUT2D eigenvalue weighted by atomic mass is 16.5. The van der Waals surface area contributed by atoms with Crippen molar-refractivity contribution in [2.24, 2.45) is 5.92 Å². The zero-order valence-corrected chi connectivity index (χ0v) is 15.9. The highest BCUT2D eigenvalue weighted by molar-refractivity contribution is 4.80. The highest BCUT2D eigenvalue weighted by Crippen LogP contribution is 2.23. The summed E-state index contributed by atoms with van der Waals surface area (Å²) in [5.74, 6) is 0.826. The summed E-state index contributed by atoms with van der Waals surface area (Å²) < 4.78 is 5.31. The molecule has 0 saturated carbocycles. The van der Waals surface area contributed by atoms with Crippen molar-refractivity contribution in [3.05, 3.63) is 0 Å². The molecule has 3 atom stereocenters. The molecule has 136 valence electrons. The van der Waals surface area contributed by atoms with Gasteiger partial charge in [0.05, 0.1) is 0 Å². The third kappa shape index (κ3) is 6.36. The summed E-state index contributed by atoms with van der Waals surface area (Å²) in [6, 6.07) is 1.63. The molecule has 3 heteroatoms. The van der Waals surface area contributed by atoms with Gasteiger partial charge in [0.15, 0.2) is 0 Å². The van der Waals surface area contributed by atoms with Crippen molar-refractivity contribution < 1.29 is 4.74 Å². The Labute approximate surface area is 144 Å². The maximum Gasteiger partial charge on any atom is 0.0477 e. The molecule has 2 aliphatic rings. The molecular formula is C20H40N2O. The quantitative estimate of drug-likeness (QED) is 0.633. The van der Waals surface area contributed by atoms with Crippen LogP contribution < -0.4 is 0 Å². The number of rotatable bonds is 9. The second kappa shape index (κ2) is 10.7. The fraction of sp³-hybridized carbons (Fsp3) is 1.00. The predicted molar refractivity (Wildman–Crippen MR) is 99.0 cm³/mol. The molecule has 0 bridgehead atoms. The summed E-state index contributed by atoms with van der Waals surface area (Å²) in [6.07, 6.45) is 12.4. The van der Waals surface area contributed by atoms with Gasteiger partial charge in [0, 0.05) is 32.3 Å². The first-order valence-electron chi connectivity index (χ1n) is 10.2. The molecule has 0 aromatic heterocycles. The van der Waals surface area contributed by atoms with Crippen LogP contribution in [0.1, 0.15) is 71.6 Å². The first kappa shape index (κ1) is 19.2. The highest BCUT2D eigenvalue weighted by Gasteiger charge is 2.24. The van der Waals surface area contributed by atoms with Crippen LogP contribution in [0.2, 0.25) is 0 Å². The molecule has 0 amide bonds. The number of ether oxygens (including phenoxy) is 1. The number of methoxy groups -OCH3 is 1. The molecule has 0 spiro atoms. The van der Waals surface area contributed by atoms with Gasteiger partial charge in [-0.25, -0.2) is 0 Å². The standard InChI is InChI=1S/C20H40N2O/c1-4-19-9-5-8-14-22(19)17-18(2)11-15-21-13-7-6-10-20(21)12-16-23-3/h18-20H,4-17H2,1-3H3. The van der Waals surface area contributed by atoms with E-state index in [4.69, 9.17) is 4.74 Å². The van der Waals surface area contributed by atoms with E-state index in [2.05, 4.69) is 23.6 Å². The molecule has 0 aliphatic carbocycles. The molecule has 2 saturated heterocycles. The Morgan fingerprint density at radius 1 is 1.00 bits per heavy atom. The van der Waals surface area contributed by atoms with Gasteiger partial charge >= 0.3 is 0 Å². The van der Waals surface area contributed by atoms with Gasteiger partial charge in [-0.1, -0.05) is 26.7 Å². The van der Waals surface area contributed by atoms with E-state index in [1.165, 1.54) is 84.0 Å². The first-order valence-corrected chi connectivity index (χ1v) is 10.2. The van der Waals surface area contributed by atoms with Gasteiger partial charge in [-0.3, -0.25) is 0 Å². The van der Waals surface area contributed by atoms with Crippen LogP contribution in [0, 0.1) is 5.92 Å². The van der Waals surface area contributed by atoms with Crippen molar-refractivity contribution in [1.82, 2.24) is 9.80 Å². The van der Waals surface area contributed by atoms with E-state index < -0.39 is 0 Å². The van der Waals surface area contributed by atoms with Crippen molar-refractivity contribution >= 4 is 0 Å². The van der Waals surface area contributed by atoms with Gasteiger partial charge in [0.25, 0.3) is 0 Å². The van der Waals surface area contributed by atoms with Gasteiger partial charge in [-0.05, 0) is 70.5 Å². The van der Waals surface area contributed by atoms with Gasteiger partial charge in [0.2, 0.25) is 0 Å². The van der Waals surface area contributed by atoms with E-state index in [-0.39, 0.29) is 0 Å². The Balaban J connectivity index is 1.72. The molecule has 0 N–H and O–H groups in total. The third-order valence-electron chi connectivity index (χ3n) is 6.08. The molecule has 2 heterocycles. The minimum atomic E-state index is 0.772. The fourth-order valence-corrected chi connectivity index (χ4v) is 4.58.